The van der Waals surface area contributed by atoms with Crippen molar-refractivity contribution < 1.29 is 14.6 Å². The van der Waals surface area contributed by atoms with Crippen LogP contribution < -0.4 is 5.73 Å². The number of rotatable bonds is 2. The van der Waals surface area contributed by atoms with E-state index in [-0.39, 0.29) is 17.7 Å². The Morgan fingerprint density at radius 3 is 2.74 bits per heavy atom. The number of aliphatic carboxylic acids is 1. The van der Waals surface area contributed by atoms with Crippen LogP contribution in [0, 0.1) is 0 Å². The van der Waals surface area contributed by atoms with E-state index in [1.54, 1.807) is 0 Å². The summed E-state index contributed by atoms with van der Waals surface area (Å²) in [6.45, 7) is 7.96. The summed E-state index contributed by atoms with van der Waals surface area (Å²) in [5, 5.41) is 9.30. The Balaban J connectivity index is 2.07. The first-order valence-corrected chi connectivity index (χ1v) is 7.16. The van der Waals surface area contributed by atoms with Crippen molar-refractivity contribution in [2.45, 2.75) is 69.7 Å². The summed E-state index contributed by atoms with van der Waals surface area (Å²) in [6.07, 6.45) is 3.24. The molecule has 2 fully saturated rings. The first-order chi connectivity index (χ1) is 8.72. The maximum absolute atomic E-state index is 11.3. The summed E-state index contributed by atoms with van der Waals surface area (Å²) in [7, 11) is 0. The van der Waals surface area contributed by atoms with Gasteiger partial charge < -0.3 is 15.6 Å². The zero-order valence-electron chi connectivity index (χ0n) is 12.2. The molecule has 0 spiro atoms. The molecule has 3 atom stereocenters. The van der Waals surface area contributed by atoms with Crippen molar-refractivity contribution in [1.82, 2.24) is 4.90 Å². The number of carboxylic acid groups (broad SMARTS) is 1. The predicted molar refractivity (Wildman–Crippen MR) is 73.0 cm³/mol. The number of hydrogen-bond acceptors (Lipinski definition) is 4. The highest BCUT2D eigenvalue weighted by molar-refractivity contribution is 5.78. The van der Waals surface area contributed by atoms with Gasteiger partial charge in [0.05, 0.1) is 11.7 Å². The topological polar surface area (TPSA) is 75.8 Å². The Kier molecular flexibility index (Phi) is 3.91. The fraction of sp³-hybridized carbons (Fsp3) is 0.929. The average Bonchev–Trinajstić information content (AvgIpc) is 2.26. The highest BCUT2D eigenvalue weighted by atomic mass is 16.5. The lowest BCUT2D eigenvalue weighted by Gasteiger charge is -2.48. The molecular formula is C14H26N2O3. The molecular weight excluding hydrogens is 244 g/mol. The molecule has 19 heavy (non-hydrogen) atoms. The van der Waals surface area contributed by atoms with E-state index in [4.69, 9.17) is 10.5 Å². The second kappa shape index (κ2) is 5.04. The van der Waals surface area contributed by atoms with Gasteiger partial charge in [0.25, 0.3) is 0 Å². The van der Waals surface area contributed by atoms with Gasteiger partial charge in [-0.2, -0.15) is 0 Å². The van der Waals surface area contributed by atoms with Gasteiger partial charge in [-0.15, -0.1) is 0 Å². The van der Waals surface area contributed by atoms with Crippen LogP contribution in [0.5, 0.6) is 0 Å². The summed E-state index contributed by atoms with van der Waals surface area (Å²) < 4.78 is 5.90. The maximum atomic E-state index is 11.3. The van der Waals surface area contributed by atoms with Crippen molar-refractivity contribution in [3.8, 4) is 0 Å². The molecule has 1 aliphatic heterocycles. The van der Waals surface area contributed by atoms with Gasteiger partial charge in [-0.05, 0) is 46.5 Å². The quantitative estimate of drug-likeness (QED) is 0.789. The lowest BCUT2D eigenvalue weighted by atomic mass is 9.78. The third kappa shape index (κ3) is 3.27. The molecule has 3 unspecified atom stereocenters. The minimum Gasteiger partial charge on any atom is -0.480 e. The average molecular weight is 270 g/mol. The molecule has 1 heterocycles. The number of morpholine rings is 1. The smallest absolute Gasteiger partial charge is 0.323 e. The van der Waals surface area contributed by atoms with Crippen LogP contribution >= 0.6 is 0 Å². The Bertz CT molecular complexity index is 359. The van der Waals surface area contributed by atoms with E-state index in [1.807, 2.05) is 0 Å². The summed E-state index contributed by atoms with van der Waals surface area (Å²) in [5.41, 5.74) is 4.83. The maximum Gasteiger partial charge on any atom is 0.323 e. The van der Waals surface area contributed by atoms with Gasteiger partial charge in [-0.1, -0.05) is 0 Å². The predicted octanol–water partition coefficient (Wildman–Crippen LogP) is 1.21. The summed E-state index contributed by atoms with van der Waals surface area (Å²) in [6, 6.07) is 0.264. The van der Waals surface area contributed by atoms with E-state index >= 15 is 0 Å². The van der Waals surface area contributed by atoms with Gasteiger partial charge in [0.1, 0.15) is 5.54 Å². The number of carboxylic acids is 1. The van der Waals surface area contributed by atoms with E-state index in [2.05, 4.69) is 25.7 Å². The standard InChI is InChI=1S/C14H26N2O3/c1-10-8-16(9-13(2,3)19-10)11-5-4-6-14(15,7-11)12(17)18/h10-11H,4-9,15H2,1-3H3,(H,17,18). The molecule has 0 radical (unpaired) electrons. The van der Waals surface area contributed by atoms with Crippen molar-refractivity contribution in [3.63, 3.8) is 0 Å². The molecule has 1 saturated heterocycles. The fourth-order valence-electron chi connectivity index (χ4n) is 3.56. The van der Waals surface area contributed by atoms with Crippen molar-refractivity contribution in [1.29, 1.82) is 0 Å². The third-order valence-electron chi connectivity index (χ3n) is 4.30. The molecule has 0 aromatic rings. The Hall–Kier alpha value is -0.650. The summed E-state index contributed by atoms with van der Waals surface area (Å²) in [4.78, 5) is 13.7. The molecule has 5 nitrogen and oxygen atoms in total. The zero-order chi connectivity index (χ0) is 14.3. The number of hydrogen-bond donors (Lipinski definition) is 2. The molecule has 5 heteroatoms. The highest BCUT2D eigenvalue weighted by Gasteiger charge is 2.43. The third-order valence-corrected chi connectivity index (χ3v) is 4.30. The lowest BCUT2D eigenvalue weighted by molar-refractivity contribution is -0.152. The van der Waals surface area contributed by atoms with Gasteiger partial charge in [-0.25, -0.2) is 0 Å². The number of nitrogens with zero attached hydrogens (tertiary/aromatic N) is 1. The number of ether oxygens (including phenoxy) is 1. The molecule has 3 N–H and O–H groups in total. The molecule has 110 valence electrons. The Morgan fingerprint density at radius 2 is 2.16 bits per heavy atom. The summed E-state index contributed by atoms with van der Waals surface area (Å²) >= 11 is 0. The molecule has 2 rings (SSSR count). The molecule has 0 amide bonds. The van der Waals surface area contributed by atoms with E-state index in [1.165, 1.54) is 0 Å². The van der Waals surface area contributed by atoms with E-state index in [0.717, 1.165) is 25.9 Å². The van der Waals surface area contributed by atoms with Crippen LogP contribution in [0.25, 0.3) is 0 Å². The van der Waals surface area contributed by atoms with Crippen LogP contribution in [0.4, 0.5) is 0 Å². The molecule has 0 bridgehead atoms. The van der Waals surface area contributed by atoms with Crippen molar-refractivity contribution >= 4 is 5.97 Å². The number of carbonyl (C=O) groups is 1. The second-order valence-corrected chi connectivity index (χ2v) is 6.83. The number of nitrogens with two attached hydrogens (primary N) is 1. The molecule has 2 aliphatic rings. The van der Waals surface area contributed by atoms with Crippen LogP contribution in [0.15, 0.2) is 0 Å². The van der Waals surface area contributed by atoms with Gasteiger partial charge in [0, 0.05) is 19.1 Å². The summed E-state index contributed by atoms with van der Waals surface area (Å²) in [5.74, 6) is -0.863. The molecule has 0 aromatic carbocycles. The molecule has 1 aliphatic carbocycles. The van der Waals surface area contributed by atoms with Crippen LogP contribution in [0.1, 0.15) is 46.5 Å². The zero-order valence-corrected chi connectivity index (χ0v) is 12.2. The monoisotopic (exact) mass is 270 g/mol. The highest BCUT2D eigenvalue weighted by Crippen LogP contribution is 2.33. The van der Waals surface area contributed by atoms with Crippen LogP contribution in [0.2, 0.25) is 0 Å². The van der Waals surface area contributed by atoms with Crippen molar-refractivity contribution in [2.75, 3.05) is 13.1 Å². The molecule has 0 aromatic heterocycles. The Morgan fingerprint density at radius 1 is 1.47 bits per heavy atom. The lowest BCUT2D eigenvalue weighted by Crippen LogP contribution is -2.60. The molecule has 1 saturated carbocycles. The first-order valence-electron chi connectivity index (χ1n) is 7.16. The fourth-order valence-corrected chi connectivity index (χ4v) is 3.56. The normalized spacial score (nSPS) is 40.0. The van der Waals surface area contributed by atoms with E-state index in [0.29, 0.717) is 12.8 Å². The van der Waals surface area contributed by atoms with Gasteiger partial charge in [0.15, 0.2) is 0 Å². The van der Waals surface area contributed by atoms with Crippen molar-refractivity contribution in [2.24, 2.45) is 5.73 Å². The largest absolute Gasteiger partial charge is 0.480 e. The van der Waals surface area contributed by atoms with Crippen LogP contribution in [0.3, 0.4) is 0 Å². The van der Waals surface area contributed by atoms with Gasteiger partial charge in [0.2, 0.25) is 0 Å². The van der Waals surface area contributed by atoms with Gasteiger partial charge in [-0.3, -0.25) is 9.69 Å². The van der Waals surface area contributed by atoms with E-state index in [9.17, 15) is 9.90 Å². The minimum atomic E-state index is -1.05. The van der Waals surface area contributed by atoms with Crippen LogP contribution in [-0.2, 0) is 9.53 Å². The minimum absolute atomic E-state index is 0.171. The van der Waals surface area contributed by atoms with Crippen LogP contribution in [-0.4, -0.2) is 52.4 Å². The second-order valence-electron chi connectivity index (χ2n) is 6.83. The SMILES string of the molecule is CC1CN(C2CCCC(N)(C(=O)O)C2)CC(C)(C)O1. The Labute approximate surface area is 115 Å². The van der Waals surface area contributed by atoms with Crippen molar-refractivity contribution in [3.05, 3.63) is 0 Å². The van der Waals surface area contributed by atoms with Gasteiger partial charge >= 0.3 is 5.97 Å². The van der Waals surface area contributed by atoms with E-state index < -0.39 is 11.5 Å². The first kappa shape index (κ1) is 14.8.